The molecule has 0 aliphatic heterocycles. The molecule has 0 saturated heterocycles. The van der Waals surface area contributed by atoms with Crippen molar-refractivity contribution in [1.82, 2.24) is 14.5 Å². The Kier molecular flexibility index (Phi) is 6.37. The molecule has 2 aliphatic rings. The highest BCUT2D eigenvalue weighted by Gasteiger charge is 2.53. The number of fused-ring (bicyclic) bond motifs is 18. The fraction of sp³-hybridized carbons (Fsp3) is 0.0182. The first-order valence-electron chi connectivity index (χ1n) is 20.0. The number of rotatable bonds is 3. The van der Waals surface area contributed by atoms with Gasteiger partial charge in [0.05, 0.1) is 27.8 Å². The SMILES string of the molecule is c1ccc(-c2cc(-c3ccc4ccccc4c3)nc(-n3c4ccccc4c4c5ccccc5c5c(c43)C3(c4ccccc4-c4ccccc43)c3ccccc3-5)n2)cc1. The standard InChI is InChI=1S/C55H33N3/c1-2-17-35(18-3-1)47-33-48(37-31-30-34-16-4-5-19-36(34)32-37)57-54(56-47)58-49-29-15-11-25-43(49)51-41-23-7-6-22-40(41)50-42-24-10-14-28-46(42)55(52(50)53(51)58)44-26-12-8-20-38(44)39-21-9-13-27-45(39)55/h1-33H. The molecule has 2 aromatic heterocycles. The van der Waals surface area contributed by atoms with Crippen molar-refractivity contribution < 1.29 is 0 Å². The van der Waals surface area contributed by atoms with Crippen LogP contribution in [0.1, 0.15) is 22.3 Å². The van der Waals surface area contributed by atoms with E-state index in [1.165, 1.54) is 76.8 Å². The maximum Gasteiger partial charge on any atom is 0.235 e. The van der Waals surface area contributed by atoms with Gasteiger partial charge in [0.15, 0.2) is 0 Å². The average molecular weight is 736 g/mol. The molecule has 0 radical (unpaired) electrons. The van der Waals surface area contributed by atoms with E-state index in [9.17, 15) is 0 Å². The Balaban J connectivity index is 1.25. The second kappa shape index (κ2) is 11.7. The molecule has 0 unspecified atom stereocenters. The normalized spacial score (nSPS) is 13.3. The van der Waals surface area contributed by atoms with E-state index in [0.717, 1.165) is 33.5 Å². The zero-order chi connectivity index (χ0) is 38.0. The van der Waals surface area contributed by atoms with Crippen molar-refractivity contribution >= 4 is 43.4 Å². The molecule has 58 heavy (non-hydrogen) atoms. The molecule has 9 aromatic carbocycles. The first-order valence-corrected chi connectivity index (χ1v) is 20.0. The maximum absolute atomic E-state index is 5.59. The van der Waals surface area contributed by atoms with Gasteiger partial charge >= 0.3 is 0 Å². The van der Waals surface area contributed by atoms with E-state index >= 15 is 0 Å². The number of benzene rings is 9. The van der Waals surface area contributed by atoms with Crippen LogP contribution in [0.5, 0.6) is 0 Å². The molecule has 3 heteroatoms. The van der Waals surface area contributed by atoms with Gasteiger partial charge < -0.3 is 0 Å². The number of aromatic nitrogens is 3. The molecule has 11 aromatic rings. The number of para-hydroxylation sites is 1. The zero-order valence-corrected chi connectivity index (χ0v) is 31.4. The third-order valence-corrected chi connectivity index (χ3v) is 12.8. The predicted octanol–water partition coefficient (Wildman–Crippen LogP) is 13.6. The van der Waals surface area contributed by atoms with Gasteiger partial charge in [-0.2, -0.15) is 0 Å². The molecule has 2 heterocycles. The molecular formula is C55H33N3. The molecular weight excluding hydrogens is 703 g/mol. The summed E-state index contributed by atoms with van der Waals surface area (Å²) >= 11 is 0. The van der Waals surface area contributed by atoms with Gasteiger partial charge in [-0.05, 0) is 78.7 Å². The Hall–Kier alpha value is -7.62. The highest BCUT2D eigenvalue weighted by atomic mass is 15.2. The highest BCUT2D eigenvalue weighted by molar-refractivity contribution is 6.27. The van der Waals surface area contributed by atoms with Crippen LogP contribution in [0.15, 0.2) is 200 Å². The molecule has 0 bridgehead atoms. The lowest BCUT2D eigenvalue weighted by Crippen LogP contribution is -2.26. The lowest BCUT2D eigenvalue weighted by Gasteiger charge is -2.31. The van der Waals surface area contributed by atoms with Crippen molar-refractivity contribution in [3.63, 3.8) is 0 Å². The van der Waals surface area contributed by atoms with Crippen LogP contribution in [0.2, 0.25) is 0 Å². The van der Waals surface area contributed by atoms with E-state index in [4.69, 9.17) is 9.97 Å². The fourth-order valence-electron chi connectivity index (χ4n) is 10.5. The lowest BCUT2D eigenvalue weighted by molar-refractivity contribution is 0.796. The molecule has 1 spiro atoms. The van der Waals surface area contributed by atoms with Crippen LogP contribution >= 0.6 is 0 Å². The topological polar surface area (TPSA) is 30.7 Å². The van der Waals surface area contributed by atoms with Crippen LogP contribution < -0.4 is 0 Å². The summed E-state index contributed by atoms with van der Waals surface area (Å²) in [7, 11) is 0. The van der Waals surface area contributed by atoms with Gasteiger partial charge in [-0.25, -0.2) is 9.97 Å². The molecule has 2 aliphatic carbocycles. The molecule has 0 amide bonds. The summed E-state index contributed by atoms with van der Waals surface area (Å²) in [6.07, 6.45) is 0. The van der Waals surface area contributed by atoms with Crippen molar-refractivity contribution in [1.29, 1.82) is 0 Å². The Morgan fingerprint density at radius 3 is 1.69 bits per heavy atom. The van der Waals surface area contributed by atoms with Crippen LogP contribution in [0.4, 0.5) is 0 Å². The third-order valence-electron chi connectivity index (χ3n) is 12.8. The van der Waals surface area contributed by atoms with Gasteiger partial charge in [0.1, 0.15) is 0 Å². The lowest BCUT2D eigenvalue weighted by atomic mass is 9.70. The van der Waals surface area contributed by atoms with Gasteiger partial charge in [0.2, 0.25) is 5.95 Å². The van der Waals surface area contributed by atoms with Gasteiger partial charge in [-0.15, -0.1) is 0 Å². The third kappa shape index (κ3) is 4.07. The Morgan fingerprint density at radius 2 is 0.948 bits per heavy atom. The molecule has 0 fully saturated rings. The van der Waals surface area contributed by atoms with Crippen LogP contribution in [0.3, 0.4) is 0 Å². The average Bonchev–Trinajstić information content (AvgIpc) is 3.92. The minimum atomic E-state index is -0.578. The zero-order valence-electron chi connectivity index (χ0n) is 31.4. The van der Waals surface area contributed by atoms with Crippen molar-refractivity contribution in [3.05, 3.63) is 222 Å². The molecule has 3 nitrogen and oxygen atoms in total. The summed E-state index contributed by atoms with van der Waals surface area (Å²) in [6, 6.07) is 72.9. The second-order valence-corrected chi connectivity index (χ2v) is 15.6. The van der Waals surface area contributed by atoms with Crippen LogP contribution in [0, 0.1) is 0 Å². The summed E-state index contributed by atoms with van der Waals surface area (Å²) < 4.78 is 2.39. The Bertz CT molecular complexity index is 3480. The van der Waals surface area contributed by atoms with E-state index in [2.05, 4.69) is 205 Å². The largest absolute Gasteiger partial charge is 0.278 e. The smallest absolute Gasteiger partial charge is 0.235 e. The number of nitrogens with zero attached hydrogens (tertiary/aromatic N) is 3. The predicted molar refractivity (Wildman–Crippen MR) is 239 cm³/mol. The van der Waals surface area contributed by atoms with Crippen molar-refractivity contribution in [2.45, 2.75) is 5.41 Å². The minimum absolute atomic E-state index is 0.578. The summed E-state index contributed by atoms with van der Waals surface area (Å²) in [5.74, 6) is 0.652. The summed E-state index contributed by atoms with van der Waals surface area (Å²) in [4.78, 5) is 11.1. The highest BCUT2D eigenvalue weighted by Crippen LogP contribution is 2.66. The van der Waals surface area contributed by atoms with Gasteiger partial charge in [-0.3, -0.25) is 4.57 Å². The summed E-state index contributed by atoms with van der Waals surface area (Å²) in [6.45, 7) is 0. The Labute approximate surface area is 335 Å². The fourth-order valence-corrected chi connectivity index (χ4v) is 10.5. The number of hydrogen-bond donors (Lipinski definition) is 0. The van der Waals surface area contributed by atoms with E-state index in [1.807, 2.05) is 0 Å². The summed E-state index contributed by atoms with van der Waals surface area (Å²) in [5.41, 5.74) is 15.9. The maximum atomic E-state index is 5.59. The van der Waals surface area contributed by atoms with E-state index in [1.54, 1.807) is 0 Å². The molecule has 268 valence electrons. The Morgan fingerprint density at radius 1 is 0.397 bits per heavy atom. The van der Waals surface area contributed by atoms with Crippen molar-refractivity contribution in [3.8, 4) is 50.7 Å². The van der Waals surface area contributed by atoms with Crippen LogP contribution in [-0.2, 0) is 5.41 Å². The molecule has 0 N–H and O–H groups in total. The first-order chi connectivity index (χ1) is 28.8. The summed E-state index contributed by atoms with van der Waals surface area (Å²) in [5, 5.41) is 7.28. The van der Waals surface area contributed by atoms with E-state index < -0.39 is 5.41 Å². The van der Waals surface area contributed by atoms with Crippen molar-refractivity contribution in [2.75, 3.05) is 0 Å². The van der Waals surface area contributed by atoms with Gasteiger partial charge in [0, 0.05) is 27.5 Å². The van der Waals surface area contributed by atoms with Crippen LogP contribution in [-0.4, -0.2) is 14.5 Å². The quantitative estimate of drug-likeness (QED) is 0.181. The number of hydrogen-bond acceptors (Lipinski definition) is 2. The van der Waals surface area contributed by atoms with Crippen LogP contribution in [0.25, 0.3) is 94.1 Å². The first kappa shape index (κ1) is 31.6. The van der Waals surface area contributed by atoms with Gasteiger partial charge in [-0.1, -0.05) is 182 Å². The molecule has 0 saturated carbocycles. The van der Waals surface area contributed by atoms with E-state index in [0.29, 0.717) is 5.95 Å². The second-order valence-electron chi connectivity index (χ2n) is 15.6. The van der Waals surface area contributed by atoms with Crippen molar-refractivity contribution in [2.24, 2.45) is 0 Å². The molecule has 0 atom stereocenters. The molecule has 13 rings (SSSR count). The van der Waals surface area contributed by atoms with E-state index in [-0.39, 0.29) is 0 Å². The van der Waals surface area contributed by atoms with Gasteiger partial charge in [0.25, 0.3) is 0 Å². The monoisotopic (exact) mass is 735 g/mol. The minimum Gasteiger partial charge on any atom is -0.278 e.